The zero-order valence-corrected chi connectivity index (χ0v) is 21.8. The molecule has 7 aromatic rings. The molecule has 0 aliphatic heterocycles. The number of fused-ring (bicyclic) bond motifs is 5. The fourth-order valence-corrected chi connectivity index (χ4v) is 8.04. The number of benzene rings is 7. The fourth-order valence-electron chi connectivity index (χ4n) is 8.04. The van der Waals surface area contributed by atoms with Gasteiger partial charge in [0.05, 0.1) is 5.41 Å². The van der Waals surface area contributed by atoms with E-state index in [1.54, 1.807) is 0 Å². The maximum atomic E-state index is 2.44. The van der Waals surface area contributed by atoms with Gasteiger partial charge < -0.3 is 0 Å². The summed E-state index contributed by atoms with van der Waals surface area (Å²) in [4.78, 5) is 0. The van der Waals surface area contributed by atoms with Crippen molar-refractivity contribution in [2.45, 2.75) is 18.3 Å². The summed E-state index contributed by atoms with van der Waals surface area (Å²) in [7, 11) is 0. The molecule has 0 fully saturated rings. The zero-order valence-electron chi connectivity index (χ0n) is 21.8. The first-order valence-corrected chi connectivity index (χ1v) is 13.9. The molecule has 0 atom stereocenters. The molecule has 0 heteroatoms. The summed E-state index contributed by atoms with van der Waals surface area (Å²) in [5.41, 5.74) is 10.9. The number of aryl methyl sites for hydroxylation is 1. The van der Waals surface area contributed by atoms with Crippen LogP contribution in [-0.2, 0) is 5.41 Å². The summed E-state index contributed by atoms with van der Waals surface area (Å²) >= 11 is 0. The van der Waals surface area contributed by atoms with E-state index in [-0.39, 0.29) is 5.92 Å². The lowest BCUT2D eigenvalue weighted by Gasteiger charge is -2.51. The standard InChI is InChI=1S/C39H26/c1-24-18-23-35(38-27(24)22-21-26-20-19-25-10-2-3-11-28(25)36(26)38)39-32-15-7-4-12-29(32)37(30-13-5-8-16-33(30)39)31-14-6-9-17-34(31)39/h2-23,37H,1H3. The van der Waals surface area contributed by atoms with Crippen LogP contribution in [0.25, 0.3) is 32.3 Å². The van der Waals surface area contributed by atoms with E-state index in [0.29, 0.717) is 0 Å². The lowest BCUT2D eigenvalue weighted by Crippen LogP contribution is -2.43. The smallest absolute Gasteiger partial charge is 0.0619 e. The Morgan fingerprint density at radius 3 is 1.62 bits per heavy atom. The third-order valence-corrected chi connectivity index (χ3v) is 9.54. The molecule has 0 aromatic heterocycles. The maximum Gasteiger partial charge on any atom is 0.0716 e. The molecule has 0 nitrogen and oxygen atoms in total. The SMILES string of the molecule is Cc1ccc(C23c4ccccc4C(c4ccccc42)c2ccccc23)c2c1ccc1ccc3ccccc3c12. The predicted octanol–water partition coefficient (Wildman–Crippen LogP) is 9.64. The average Bonchev–Trinajstić information content (AvgIpc) is 3.00. The van der Waals surface area contributed by atoms with Crippen molar-refractivity contribution in [1.82, 2.24) is 0 Å². The minimum Gasteiger partial charge on any atom is -0.0619 e. The highest BCUT2D eigenvalue weighted by atomic mass is 14.5. The van der Waals surface area contributed by atoms with Crippen molar-refractivity contribution in [1.29, 1.82) is 0 Å². The molecule has 39 heavy (non-hydrogen) atoms. The van der Waals surface area contributed by atoms with Gasteiger partial charge in [-0.2, -0.15) is 0 Å². The molecule has 0 radical (unpaired) electrons. The Balaban J connectivity index is 1.59. The summed E-state index contributed by atoms with van der Waals surface area (Å²) in [6, 6.07) is 50.5. The highest BCUT2D eigenvalue weighted by Crippen LogP contribution is 2.62. The largest absolute Gasteiger partial charge is 0.0716 e. The molecule has 0 N–H and O–H groups in total. The van der Waals surface area contributed by atoms with Gasteiger partial charge in [-0.25, -0.2) is 0 Å². The van der Waals surface area contributed by atoms with Gasteiger partial charge in [-0.3, -0.25) is 0 Å². The Morgan fingerprint density at radius 2 is 0.949 bits per heavy atom. The summed E-state index contributed by atoms with van der Waals surface area (Å²) in [6.07, 6.45) is 0. The molecule has 0 saturated carbocycles. The first-order valence-electron chi connectivity index (χ1n) is 13.9. The summed E-state index contributed by atoms with van der Waals surface area (Å²) in [5, 5.41) is 7.98. The third-order valence-electron chi connectivity index (χ3n) is 9.54. The van der Waals surface area contributed by atoms with Gasteiger partial charge >= 0.3 is 0 Å². The number of hydrogen-bond acceptors (Lipinski definition) is 0. The van der Waals surface area contributed by atoms with Crippen LogP contribution in [0, 0.1) is 6.92 Å². The van der Waals surface area contributed by atoms with Crippen molar-refractivity contribution in [3.05, 3.63) is 178 Å². The second-order valence-electron chi connectivity index (χ2n) is 11.2. The second kappa shape index (κ2) is 7.46. The fraction of sp³-hybridized carbons (Fsp3) is 0.0769. The summed E-state index contributed by atoms with van der Waals surface area (Å²) in [6.45, 7) is 2.26. The molecule has 0 amide bonds. The van der Waals surface area contributed by atoms with E-state index in [1.807, 2.05) is 0 Å². The van der Waals surface area contributed by atoms with E-state index >= 15 is 0 Å². The van der Waals surface area contributed by atoms with Crippen molar-refractivity contribution >= 4 is 32.3 Å². The summed E-state index contributed by atoms with van der Waals surface area (Å²) in [5.74, 6) is 0.268. The molecule has 3 aliphatic carbocycles. The van der Waals surface area contributed by atoms with Crippen molar-refractivity contribution in [2.75, 3.05) is 0 Å². The van der Waals surface area contributed by atoms with Crippen molar-refractivity contribution in [3.8, 4) is 0 Å². The van der Waals surface area contributed by atoms with Gasteiger partial charge in [-0.15, -0.1) is 0 Å². The molecule has 0 spiro atoms. The van der Waals surface area contributed by atoms with E-state index in [0.717, 1.165) is 0 Å². The van der Waals surface area contributed by atoms with Crippen LogP contribution in [0.4, 0.5) is 0 Å². The maximum absolute atomic E-state index is 2.44. The van der Waals surface area contributed by atoms with Crippen LogP contribution in [0.1, 0.15) is 50.4 Å². The Bertz CT molecular complexity index is 2030. The highest BCUT2D eigenvalue weighted by molar-refractivity contribution is 6.22. The van der Waals surface area contributed by atoms with Gasteiger partial charge in [0.25, 0.3) is 0 Å². The van der Waals surface area contributed by atoms with Gasteiger partial charge in [0.1, 0.15) is 0 Å². The van der Waals surface area contributed by atoms with Gasteiger partial charge in [0, 0.05) is 5.92 Å². The van der Waals surface area contributed by atoms with Crippen molar-refractivity contribution in [3.63, 3.8) is 0 Å². The Kier molecular flexibility index (Phi) is 4.07. The van der Waals surface area contributed by atoms with E-state index in [2.05, 4.69) is 140 Å². The highest BCUT2D eigenvalue weighted by Gasteiger charge is 2.53. The number of hydrogen-bond donors (Lipinski definition) is 0. The molecule has 0 heterocycles. The average molecular weight is 495 g/mol. The van der Waals surface area contributed by atoms with Crippen LogP contribution in [0.3, 0.4) is 0 Å². The molecule has 182 valence electrons. The number of rotatable bonds is 1. The first-order chi connectivity index (χ1) is 19.3. The normalized spacial score (nSPS) is 18.7. The molecule has 2 bridgehead atoms. The van der Waals surface area contributed by atoms with Crippen molar-refractivity contribution in [2.24, 2.45) is 0 Å². The lowest BCUT2D eigenvalue weighted by molar-refractivity contribution is 0.634. The van der Waals surface area contributed by atoms with E-state index in [9.17, 15) is 0 Å². The Morgan fingerprint density at radius 1 is 0.410 bits per heavy atom. The van der Waals surface area contributed by atoms with Crippen LogP contribution in [0.15, 0.2) is 133 Å². The van der Waals surface area contributed by atoms with Crippen molar-refractivity contribution < 1.29 is 0 Å². The van der Waals surface area contributed by atoms with E-state index in [1.165, 1.54) is 76.8 Å². The third kappa shape index (κ3) is 2.50. The molecule has 10 rings (SSSR count). The molecule has 0 unspecified atom stereocenters. The van der Waals surface area contributed by atoms with E-state index < -0.39 is 5.41 Å². The quantitative estimate of drug-likeness (QED) is 0.199. The molecule has 7 aromatic carbocycles. The Hall–Kier alpha value is -4.68. The topological polar surface area (TPSA) is 0 Å². The molecule has 3 aliphatic rings. The summed E-state index contributed by atoms with van der Waals surface area (Å²) < 4.78 is 0. The minimum atomic E-state index is -0.393. The molecular formula is C39H26. The van der Waals surface area contributed by atoms with Crippen LogP contribution in [-0.4, -0.2) is 0 Å². The first kappa shape index (κ1) is 21.3. The van der Waals surface area contributed by atoms with Crippen LogP contribution in [0.5, 0.6) is 0 Å². The zero-order chi connectivity index (χ0) is 25.7. The van der Waals surface area contributed by atoms with Crippen LogP contribution >= 0.6 is 0 Å². The second-order valence-corrected chi connectivity index (χ2v) is 11.2. The van der Waals surface area contributed by atoms with Gasteiger partial charge in [-0.05, 0) is 83.7 Å². The monoisotopic (exact) mass is 494 g/mol. The van der Waals surface area contributed by atoms with Gasteiger partial charge in [-0.1, -0.05) is 133 Å². The lowest BCUT2D eigenvalue weighted by atomic mass is 9.50. The molecular weight excluding hydrogens is 468 g/mol. The van der Waals surface area contributed by atoms with Crippen LogP contribution < -0.4 is 0 Å². The van der Waals surface area contributed by atoms with Crippen LogP contribution in [0.2, 0.25) is 0 Å². The van der Waals surface area contributed by atoms with Gasteiger partial charge in [0.15, 0.2) is 0 Å². The minimum absolute atomic E-state index is 0.268. The van der Waals surface area contributed by atoms with Gasteiger partial charge in [0.2, 0.25) is 0 Å². The predicted molar refractivity (Wildman–Crippen MR) is 163 cm³/mol. The Labute approximate surface area is 228 Å². The molecule has 0 saturated heterocycles. The van der Waals surface area contributed by atoms with E-state index in [4.69, 9.17) is 0 Å².